The molecule has 7 heteroatoms. The van der Waals surface area contributed by atoms with Gasteiger partial charge < -0.3 is 20.3 Å². The highest BCUT2D eigenvalue weighted by atomic mass is 16.6. The maximum Gasteiger partial charge on any atom is 0.408 e. The molecule has 0 spiro atoms. The van der Waals surface area contributed by atoms with Gasteiger partial charge in [0.2, 0.25) is 5.91 Å². The summed E-state index contributed by atoms with van der Waals surface area (Å²) in [6, 6.07) is 21.2. The Morgan fingerprint density at radius 3 is 2.02 bits per heavy atom. The summed E-state index contributed by atoms with van der Waals surface area (Å²) < 4.78 is 5.56. The topological polar surface area (TPSA) is 87.7 Å². The van der Waals surface area contributed by atoms with Crippen LogP contribution in [0.5, 0.6) is 0 Å². The zero-order valence-corrected chi connectivity index (χ0v) is 25.6. The van der Waals surface area contributed by atoms with E-state index in [1.807, 2.05) is 93.6 Å². The van der Waals surface area contributed by atoms with Crippen molar-refractivity contribution in [3.05, 3.63) is 101 Å². The van der Waals surface area contributed by atoms with Crippen molar-refractivity contribution in [3.8, 4) is 0 Å². The van der Waals surface area contributed by atoms with Gasteiger partial charge in [0.05, 0.1) is 0 Å². The van der Waals surface area contributed by atoms with Crippen LogP contribution in [0.15, 0.2) is 72.8 Å². The van der Waals surface area contributed by atoms with E-state index >= 15 is 0 Å². The highest BCUT2D eigenvalue weighted by Crippen LogP contribution is 2.37. The van der Waals surface area contributed by atoms with Crippen molar-refractivity contribution in [2.45, 2.75) is 91.0 Å². The van der Waals surface area contributed by atoms with E-state index in [1.54, 1.807) is 25.7 Å². The number of anilines is 1. The molecule has 222 valence electrons. The first kappa shape index (κ1) is 30.8. The molecule has 7 nitrogen and oxygen atoms in total. The lowest BCUT2D eigenvalue weighted by Crippen LogP contribution is -2.57. The molecule has 3 amide bonds. The number of carbonyl (C=O) groups excluding carboxylic acids is 3. The first-order valence-corrected chi connectivity index (χ1v) is 14.7. The Hall–Kier alpha value is -4.13. The van der Waals surface area contributed by atoms with E-state index in [1.165, 1.54) is 0 Å². The normalized spacial score (nSPS) is 14.7. The molecule has 1 fully saturated rings. The van der Waals surface area contributed by atoms with E-state index < -0.39 is 23.8 Å². The average Bonchev–Trinajstić information content (AvgIpc) is 2.89. The number of nitrogens with one attached hydrogen (secondary N) is 2. The summed E-state index contributed by atoms with van der Waals surface area (Å²) in [7, 11) is 0. The van der Waals surface area contributed by atoms with Gasteiger partial charge in [-0.2, -0.15) is 0 Å². The molecule has 0 saturated heterocycles. The number of alkyl carbamates (subject to hydrolysis) is 1. The summed E-state index contributed by atoms with van der Waals surface area (Å²) in [4.78, 5) is 43.8. The molecule has 0 bridgehead atoms. The Morgan fingerprint density at radius 1 is 0.857 bits per heavy atom. The monoisotopic (exact) mass is 569 g/mol. The number of amides is 3. The SMILES string of the molecule is Cc1ccccc1NC(=O)C(c1c(C)cccc1C)N(C(=O)C(Cc1ccccc1)NC(=O)OC(C)(C)C)C1CCC1. The van der Waals surface area contributed by atoms with Gasteiger partial charge in [-0.15, -0.1) is 0 Å². The number of rotatable bonds is 9. The molecule has 1 aliphatic rings. The molecule has 2 unspecified atom stereocenters. The summed E-state index contributed by atoms with van der Waals surface area (Å²) >= 11 is 0. The van der Waals surface area contributed by atoms with Crippen molar-refractivity contribution in [1.29, 1.82) is 0 Å². The maximum atomic E-state index is 14.7. The van der Waals surface area contributed by atoms with E-state index in [4.69, 9.17) is 4.74 Å². The largest absolute Gasteiger partial charge is 0.444 e. The van der Waals surface area contributed by atoms with Crippen molar-refractivity contribution >= 4 is 23.6 Å². The second-order valence-corrected chi connectivity index (χ2v) is 12.2. The van der Waals surface area contributed by atoms with Crippen LogP contribution in [-0.2, 0) is 20.7 Å². The highest BCUT2D eigenvalue weighted by molar-refractivity contribution is 6.00. The standard InChI is InChI=1S/C35H43N3O4/c1-23-14-10-11-21-28(23)36-32(39)31(30-24(2)15-12-16-25(30)3)38(27-19-13-20-27)33(40)29(22-26-17-8-7-9-18-26)37-34(41)42-35(4,5)6/h7-12,14-18,21,27,29,31H,13,19-20,22H2,1-6H3,(H,36,39)(H,37,41). The zero-order chi connectivity index (χ0) is 30.4. The van der Waals surface area contributed by atoms with Gasteiger partial charge in [0.1, 0.15) is 17.7 Å². The second kappa shape index (κ2) is 13.2. The molecule has 0 radical (unpaired) electrons. The summed E-state index contributed by atoms with van der Waals surface area (Å²) in [6.07, 6.45) is 2.14. The van der Waals surface area contributed by atoms with Crippen molar-refractivity contribution in [3.63, 3.8) is 0 Å². The Bertz CT molecular complexity index is 1390. The summed E-state index contributed by atoms with van der Waals surface area (Å²) in [6.45, 7) is 11.2. The predicted octanol–water partition coefficient (Wildman–Crippen LogP) is 6.81. The molecular formula is C35H43N3O4. The van der Waals surface area contributed by atoms with Crippen molar-refractivity contribution in [2.75, 3.05) is 5.32 Å². The number of benzene rings is 3. The minimum atomic E-state index is -0.930. The highest BCUT2D eigenvalue weighted by Gasteiger charge is 2.43. The van der Waals surface area contributed by atoms with Crippen LogP contribution in [0.2, 0.25) is 0 Å². The number of carbonyl (C=O) groups is 3. The van der Waals surface area contributed by atoms with Crippen LogP contribution in [0.4, 0.5) is 10.5 Å². The fraction of sp³-hybridized carbons (Fsp3) is 0.400. The number of para-hydroxylation sites is 1. The lowest BCUT2D eigenvalue weighted by molar-refractivity contribution is -0.145. The quantitative estimate of drug-likeness (QED) is 0.296. The maximum absolute atomic E-state index is 14.7. The first-order valence-electron chi connectivity index (χ1n) is 14.7. The summed E-state index contributed by atoms with van der Waals surface area (Å²) in [5.74, 6) is -0.584. The molecule has 0 heterocycles. The van der Waals surface area contributed by atoms with E-state index in [9.17, 15) is 14.4 Å². The lowest BCUT2D eigenvalue weighted by atomic mass is 9.86. The molecule has 2 N–H and O–H groups in total. The van der Waals surface area contributed by atoms with Crippen molar-refractivity contribution in [2.24, 2.45) is 0 Å². The van der Waals surface area contributed by atoms with Gasteiger partial charge in [-0.3, -0.25) is 9.59 Å². The van der Waals surface area contributed by atoms with Gasteiger partial charge >= 0.3 is 6.09 Å². The van der Waals surface area contributed by atoms with Gasteiger partial charge in [-0.05, 0) is 94.7 Å². The van der Waals surface area contributed by atoms with Crippen LogP contribution in [0.25, 0.3) is 0 Å². The fourth-order valence-electron chi connectivity index (χ4n) is 5.43. The third-order valence-corrected chi connectivity index (χ3v) is 7.74. The Morgan fingerprint density at radius 2 is 1.45 bits per heavy atom. The summed E-state index contributed by atoms with van der Waals surface area (Å²) in [5, 5.41) is 5.97. The smallest absolute Gasteiger partial charge is 0.408 e. The van der Waals surface area contributed by atoms with Crippen LogP contribution >= 0.6 is 0 Å². The number of nitrogens with zero attached hydrogens (tertiary/aromatic N) is 1. The molecule has 2 atom stereocenters. The Balaban J connectivity index is 1.79. The van der Waals surface area contributed by atoms with Gasteiger partial charge in [0.15, 0.2) is 0 Å². The Kier molecular flexibility index (Phi) is 9.71. The lowest BCUT2D eigenvalue weighted by Gasteiger charge is -2.44. The van der Waals surface area contributed by atoms with E-state index in [2.05, 4.69) is 10.6 Å². The molecule has 1 saturated carbocycles. The number of hydrogen-bond acceptors (Lipinski definition) is 4. The molecule has 0 aromatic heterocycles. The van der Waals surface area contributed by atoms with Gasteiger partial charge in [-0.1, -0.05) is 66.7 Å². The number of aryl methyl sites for hydroxylation is 3. The zero-order valence-electron chi connectivity index (χ0n) is 25.6. The van der Waals surface area contributed by atoms with Crippen LogP contribution < -0.4 is 10.6 Å². The second-order valence-electron chi connectivity index (χ2n) is 12.2. The molecule has 42 heavy (non-hydrogen) atoms. The van der Waals surface area contributed by atoms with E-state index in [-0.39, 0.29) is 24.3 Å². The van der Waals surface area contributed by atoms with Gasteiger partial charge in [-0.25, -0.2) is 4.79 Å². The fourth-order valence-corrected chi connectivity index (χ4v) is 5.43. The Labute approximate surface area is 249 Å². The van der Waals surface area contributed by atoms with Crippen LogP contribution in [0, 0.1) is 20.8 Å². The molecule has 4 rings (SSSR count). The molecular weight excluding hydrogens is 526 g/mol. The third kappa shape index (κ3) is 7.58. The molecule has 0 aliphatic heterocycles. The minimum absolute atomic E-state index is 0.136. The number of hydrogen-bond donors (Lipinski definition) is 2. The van der Waals surface area contributed by atoms with E-state index in [0.29, 0.717) is 5.69 Å². The van der Waals surface area contributed by atoms with Gasteiger partial charge in [0, 0.05) is 18.2 Å². The van der Waals surface area contributed by atoms with Crippen LogP contribution in [0.3, 0.4) is 0 Å². The molecule has 1 aliphatic carbocycles. The van der Waals surface area contributed by atoms with Crippen LogP contribution in [0.1, 0.15) is 73.9 Å². The third-order valence-electron chi connectivity index (χ3n) is 7.74. The van der Waals surface area contributed by atoms with E-state index in [0.717, 1.165) is 47.1 Å². The van der Waals surface area contributed by atoms with Gasteiger partial charge in [0.25, 0.3) is 5.91 Å². The summed E-state index contributed by atoms with van der Waals surface area (Å²) in [5.41, 5.74) is 4.46. The predicted molar refractivity (Wildman–Crippen MR) is 166 cm³/mol. The average molecular weight is 570 g/mol. The minimum Gasteiger partial charge on any atom is -0.444 e. The molecule has 3 aromatic rings. The number of ether oxygens (including phenoxy) is 1. The molecule has 3 aromatic carbocycles. The van der Waals surface area contributed by atoms with Crippen molar-refractivity contribution in [1.82, 2.24) is 10.2 Å². The van der Waals surface area contributed by atoms with Crippen molar-refractivity contribution < 1.29 is 19.1 Å². The van der Waals surface area contributed by atoms with Crippen LogP contribution in [-0.4, -0.2) is 40.5 Å². The first-order chi connectivity index (χ1) is 19.9.